The molecule has 0 aliphatic rings. The molecule has 0 aromatic heterocycles. The third-order valence-corrected chi connectivity index (χ3v) is 4.07. The van der Waals surface area contributed by atoms with Gasteiger partial charge in [0.05, 0.1) is 21.2 Å². The van der Waals surface area contributed by atoms with Crippen molar-refractivity contribution in [3.8, 4) is 0 Å². The molecule has 110 valence electrons. The molecular formula is C11H13ClN2O5S. The first-order chi connectivity index (χ1) is 9.36. The largest absolute Gasteiger partial charge is 0.478 e. The number of aromatic carboxylic acids is 1. The number of nitro benzene ring substituents is 1. The van der Waals surface area contributed by atoms with Gasteiger partial charge in [0.2, 0.25) is 0 Å². The molecule has 1 atom stereocenters. The lowest BCUT2D eigenvalue weighted by Crippen LogP contribution is -2.15. The fourth-order valence-corrected chi connectivity index (χ4v) is 2.38. The van der Waals surface area contributed by atoms with Gasteiger partial charge in [-0.15, -0.1) is 0 Å². The number of carboxylic acids is 1. The van der Waals surface area contributed by atoms with E-state index < -0.39 is 27.4 Å². The second-order valence-corrected chi connectivity index (χ2v) is 6.04. The number of non-ortho nitro benzene ring substituents is 1. The number of carbonyl (C=O) groups is 1. The molecule has 0 aliphatic heterocycles. The minimum atomic E-state index is -1.32. The van der Waals surface area contributed by atoms with Crippen LogP contribution in [-0.2, 0) is 10.8 Å². The molecule has 0 spiro atoms. The van der Waals surface area contributed by atoms with E-state index in [9.17, 15) is 19.1 Å². The first kappa shape index (κ1) is 16.4. The smallest absolute Gasteiger partial charge is 0.338 e. The van der Waals surface area contributed by atoms with Gasteiger partial charge in [0, 0.05) is 41.0 Å². The fraction of sp³-hybridized carbons (Fsp3) is 0.364. The highest BCUT2D eigenvalue weighted by atomic mass is 35.5. The van der Waals surface area contributed by atoms with Crippen molar-refractivity contribution in [1.82, 2.24) is 0 Å². The molecular weight excluding hydrogens is 308 g/mol. The summed E-state index contributed by atoms with van der Waals surface area (Å²) in [7, 11) is -0.998. The normalized spacial score (nSPS) is 11.9. The molecule has 1 aromatic carbocycles. The van der Waals surface area contributed by atoms with Crippen molar-refractivity contribution in [3.63, 3.8) is 0 Å². The van der Waals surface area contributed by atoms with Gasteiger partial charge in [-0.05, 0) is 0 Å². The fourth-order valence-electron chi connectivity index (χ4n) is 1.48. The molecule has 0 radical (unpaired) electrons. The molecule has 7 nitrogen and oxygen atoms in total. The molecule has 1 aromatic rings. The summed E-state index contributed by atoms with van der Waals surface area (Å²) >= 11 is 5.87. The Hall–Kier alpha value is -1.67. The number of nitrogens with one attached hydrogen (secondary N) is 1. The van der Waals surface area contributed by atoms with Gasteiger partial charge in [-0.2, -0.15) is 0 Å². The predicted octanol–water partition coefficient (Wildman–Crippen LogP) is 2.13. The van der Waals surface area contributed by atoms with Crippen molar-refractivity contribution >= 4 is 39.7 Å². The van der Waals surface area contributed by atoms with Crippen LogP contribution in [0.2, 0.25) is 5.02 Å². The lowest BCUT2D eigenvalue weighted by molar-refractivity contribution is -0.384. The SMILES string of the molecule is CCS(=O)CCNc1c(Cl)cc([N+](=O)[O-])cc1C(=O)O. The third kappa shape index (κ3) is 4.17. The van der Waals surface area contributed by atoms with Crippen molar-refractivity contribution in [3.05, 3.63) is 32.8 Å². The lowest BCUT2D eigenvalue weighted by atomic mass is 10.1. The number of nitrogens with zero attached hydrogens (tertiary/aromatic N) is 1. The van der Waals surface area contributed by atoms with Crippen LogP contribution in [0.5, 0.6) is 0 Å². The maximum Gasteiger partial charge on any atom is 0.338 e. The van der Waals surface area contributed by atoms with Gasteiger partial charge in [-0.25, -0.2) is 4.79 Å². The van der Waals surface area contributed by atoms with Gasteiger partial charge < -0.3 is 10.4 Å². The molecule has 0 aliphatic carbocycles. The van der Waals surface area contributed by atoms with E-state index >= 15 is 0 Å². The van der Waals surface area contributed by atoms with Crippen molar-refractivity contribution in [2.75, 3.05) is 23.4 Å². The number of nitro groups is 1. The minimum Gasteiger partial charge on any atom is -0.478 e. The van der Waals surface area contributed by atoms with Gasteiger partial charge >= 0.3 is 5.97 Å². The van der Waals surface area contributed by atoms with Crippen LogP contribution in [0.15, 0.2) is 12.1 Å². The first-order valence-corrected chi connectivity index (χ1v) is 7.53. The van der Waals surface area contributed by atoms with E-state index in [2.05, 4.69) is 5.32 Å². The molecule has 0 saturated carbocycles. The summed E-state index contributed by atoms with van der Waals surface area (Å²) in [5, 5.41) is 22.5. The maximum absolute atomic E-state index is 11.3. The van der Waals surface area contributed by atoms with Crippen molar-refractivity contribution < 1.29 is 19.0 Å². The molecule has 0 saturated heterocycles. The Morgan fingerprint density at radius 3 is 2.70 bits per heavy atom. The maximum atomic E-state index is 11.3. The van der Waals surface area contributed by atoms with E-state index in [1.807, 2.05) is 0 Å². The Kier molecular flexibility index (Phi) is 5.90. The van der Waals surface area contributed by atoms with Gasteiger partial charge in [0.1, 0.15) is 0 Å². The summed E-state index contributed by atoms with van der Waals surface area (Å²) in [6, 6.07) is 2.01. The number of halogens is 1. The molecule has 9 heteroatoms. The van der Waals surface area contributed by atoms with Crippen LogP contribution in [0, 0.1) is 10.1 Å². The zero-order valence-corrected chi connectivity index (χ0v) is 12.2. The molecule has 2 N–H and O–H groups in total. The Bertz CT molecular complexity index is 564. The van der Waals surface area contributed by atoms with Gasteiger partial charge in [0.15, 0.2) is 0 Å². The lowest BCUT2D eigenvalue weighted by Gasteiger charge is -2.11. The predicted molar refractivity (Wildman–Crippen MR) is 77.1 cm³/mol. The van der Waals surface area contributed by atoms with Crippen LogP contribution in [0.1, 0.15) is 17.3 Å². The summed E-state index contributed by atoms with van der Waals surface area (Å²) in [6.45, 7) is 2.04. The van der Waals surface area contributed by atoms with Gasteiger partial charge in [-0.3, -0.25) is 14.3 Å². The zero-order valence-electron chi connectivity index (χ0n) is 10.6. The molecule has 0 heterocycles. The van der Waals surface area contributed by atoms with Crippen LogP contribution < -0.4 is 5.32 Å². The van der Waals surface area contributed by atoms with Crippen molar-refractivity contribution in [2.24, 2.45) is 0 Å². The quantitative estimate of drug-likeness (QED) is 0.588. The van der Waals surface area contributed by atoms with Gasteiger partial charge in [-0.1, -0.05) is 18.5 Å². The average Bonchev–Trinajstić information content (AvgIpc) is 2.39. The van der Waals surface area contributed by atoms with E-state index in [4.69, 9.17) is 16.7 Å². The van der Waals surface area contributed by atoms with Crippen LogP contribution in [0.3, 0.4) is 0 Å². The summed E-state index contributed by atoms with van der Waals surface area (Å²) in [5.74, 6) is -0.487. The number of rotatable bonds is 7. The van der Waals surface area contributed by atoms with Crippen LogP contribution >= 0.6 is 11.6 Å². The minimum absolute atomic E-state index is 0.0566. The Balaban J connectivity index is 3.02. The van der Waals surface area contributed by atoms with E-state index in [1.54, 1.807) is 6.92 Å². The molecule has 20 heavy (non-hydrogen) atoms. The molecule has 0 amide bonds. The number of benzene rings is 1. The second-order valence-electron chi connectivity index (χ2n) is 3.77. The molecule has 0 fully saturated rings. The molecule has 0 bridgehead atoms. The average molecular weight is 321 g/mol. The van der Waals surface area contributed by atoms with Crippen LogP contribution in [-0.4, -0.2) is 38.3 Å². The summed E-state index contributed by atoms with van der Waals surface area (Å²) in [5.41, 5.74) is -0.584. The highest BCUT2D eigenvalue weighted by Gasteiger charge is 2.19. The van der Waals surface area contributed by atoms with E-state index in [0.717, 1.165) is 12.1 Å². The standard InChI is InChI=1S/C11H13ClN2O5S/c1-2-20(19)4-3-13-10-8(11(15)16)5-7(14(17)18)6-9(10)12/h5-6,13H,2-4H2,1H3,(H,15,16). The van der Waals surface area contributed by atoms with Crippen LogP contribution in [0.25, 0.3) is 0 Å². The second kappa shape index (κ2) is 7.20. The van der Waals surface area contributed by atoms with Crippen molar-refractivity contribution in [1.29, 1.82) is 0 Å². The Morgan fingerprint density at radius 2 is 2.20 bits per heavy atom. The monoisotopic (exact) mass is 320 g/mol. The Labute approximate surface area is 122 Å². The number of carboxylic acid groups (broad SMARTS) is 1. The summed E-state index contributed by atoms with van der Waals surface area (Å²) in [4.78, 5) is 21.1. The highest BCUT2D eigenvalue weighted by Crippen LogP contribution is 2.31. The Morgan fingerprint density at radius 1 is 1.55 bits per heavy atom. The van der Waals surface area contributed by atoms with Crippen molar-refractivity contribution in [2.45, 2.75) is 6.92 Å². The van der Waals surface area contributed by atoms with E-state index in [-0.39, 0.29) is 22.8 Å². The van der Waals surface area contributed by atoms with Gasteiger partial charge in [0.25, 0.3) is 5.69 Å². The first-order valence-electron chi connectivity index (χ1n) is 5.66. The van der Waals surface area contributed by atoms with E-state index in [1.165, 1.54) is 0 Å². The topological polar surface area (TPSA) is 110 Å². The zero-order chi connectivity index (χ0) is 15.3. The summed E-state index contributed by atoms with van der Waals surface area (Å²) in [6.07, 6.45) is 0. The third-order valence-electron chi connectivity index (χ3n) is 2.47. The number of anilines is 1. The number of hydrogen-bond acceptors (Lipinski definition) is 5. The van der Waals surface area contributed by atoms with E-state index in [0.29, 0.717) is 11.5 Å². The van der Waals surface area contributed by atoms with Crippen LogP contribution in [0.4, 0.5) is 11.4 Å². The molecule has 1 unspecified atom stereocenters. The number of hydrogen-bond donors (Lipinski definition) is 2. The molecule has 1 rings (SSSR count). The highest BCUT2D eigenvalue weighted by molar-refractivity contribution is 7.84. The summed E-state index contributed by atoms with van der Waals surface area (Å²) < 4.78 is 11.3.